The van der Waals surface area contributed by atoms with Gasteiger partial charge in [0.05, 0.1) is 11.6 Å². The molecule has 29 heavy (non-hydrogen) atoms. The molecule has 1 unspecified atom stereocenters. The van der Waals surface area contributed by atoms with Crippen LogP contribution in [0.1, 0.15) is 11.1 Å². The first-order valence-corrected chi connectivity index (χ1v) is 8.46. The highest BCUT2D eigenvalue weighted by atomic mass is 16.8. The van der Waals surface area contributed by atoms with Crippen LogP contribution in [0.3, 0.4) is 0 Å². The van der Waals surface area contributed by atoms with Gasteiger partial charge < -0.3 is 25.2 Å². The van der Waals surface area contributed by atoms with Gasteiger partial charge in [-0.25, -0.2) is 14.4 Å². The Kier molecular flexibility index (Phi) is 5.80. The van der Waals surface area contributed by atoms with Gasteiger partial charge in [0.25, 0.3) is 6.29 Å². The van der Waals surface area contributed by atoms with Crippen LogP contribution in [-0.4, -0.2) is 36.2 Å². The predicted octanol–water partition coefficient (Wildman–Crippen LogP) is 2.86. The number of ether oxygens (including phenoxy) is 2. The second-order valence-corrected chi connectivity index (χ2v) is 5.97. The van der Waals surface area contributed by atoms with E-state index < -0.39 is 24.6 Å². The fourth-order valence-corrected chi connectivity index (χ4v) is 2.60. The Morgan fingerprint density at radius 1 is 1.21 bits per heavy atom. The van der Waals surface area contributed by atoms with E-state index >= 15 is 0 Å². The highest BCUT2D eigenvalue weighted by Crippen LogP contribution is 2.22. The van der Waals surface area contributed by atoms with Crippen LogP contribution in [-0.2, 0) is 16.0 Å². The van der Waals surface area contributed by atoms with E-state index in [2.05, 4.69) is 15.4 Å². The fourth-order valence-electron chi connectivity index (χ4n) is 2.60. The van der Waals surface area contributed by atoms with Crippen molar-refractivity contribution in [2.45, 2.75) is 12.8 Å². The SMILES string of the molecule is N#Cc1ccc(NC(=O)NCc2ccc(N3CC(OC(=O)O)OC3=O)cc2)cc1. The van der Waals surface area contributed by atoms with Crippen LogP contribution in [0.5, 0.6) is 0 Å². The van der Waals surface area contributed by atoms with Crippen molar-refractivity contribution in [3.63, 3.8) is 0 Å². The minimum Gasteiger partial charge on any atom is -0.450 e. The third-order valence-electron chi connectivity index (χ3n) is 3.99. The summed E-state index contributed by atoms with van der Waals surface area (Å²) in [5.74, 6) is 0. The Morgan fingerprint density at radius 3 is 2.52 bits per heavy atom. The molecule has 1 fully saturated rings. The molecule has 2 aromatic rings. The zero-order valence-corrected chi connectivity index (χ0v) is 15.0. The Hall–Kier alpha value is -4.26. The molecule has 148 valence electrons. The Balaban J connectivity index is 1.51. The number of carboxylic acid groups (broad SMARTS) is 1. The maximum absolute atomic E-state index is 12.0. The van der Waals surface area contributed by atoms with Crippen molar-refractivity contribution < 1.29 is 29.0 Å². The molecule has 0 saturated carbocycles. The Bertz CT molecular complexity index is 952. The molecule has 3 N–H and O–H groups in total. The normalized spacial score (nSPS) is 15.2. The van der Waals surface area contributed by atoms with Crippen molar-refractivity contribution in [3.05, 3.63) is 59.7 Å². The van der Waals surface area contributed by atoms with Crippen molar-refractivity contribution >= 4 is 29.7 Å². The largest absolute Gasteiger partial charge is 0.508 e. The molecule has 10 heteroatoms. The van der Waals surface area contributed by atoms with E-state index in [0.29, 0.717) is 16.9 Å². The van der Waals surface area contributed by atoms with E-state index in [-0.39, 0.29) is 13.1 Å². The van der Waals surface area contributed by atoms with E-state index in [9.17, 15) is 14.4 Å². The molecule has 0 aliphatic carbocycles. The lowest BCUT2D eigenvalue weighted by Gasteiger charge is -2.13. The molecule has 1 saturated heterocycles. The van der Waals surface area contributed by atoms with Crippen LogP contribution >= 0.6 is 0 Å². The van der Waals surface area contributed by atoms with Crippen LogP contribution in [0, 0.1) is 11.3 Å². The molecular formula is C19H16N4O6. The minimum absolute atomic E-state index is 0.0459. The molecule has 3 rings (SSSR count). The van der Waals surface area contributed by atoms with Crippen molar-refractivity contribution in [3.8, 4) is 6.07 Å². The highest BCUT2D eigenvalue weighted by Gasteiger charge is 2.34. The molecule has 0 spiro atoms. The predicted molar refractivity (Wildman–Crippen MR) is 100 cm³/mol. The smallest absolute Gasteiger partial charge is 0.450 e. The minimum atomic E-state index is -1.52. The number of nitrogens with zero attached hydrogens (tertiary/aromatic N) is 2. The van der Waals surface area contributed by atoms with Crippen LogP contribution in [0.15, 0.2) is 48.5 Å². The lowest BCUT2D eigenvalue weighted by Crippen LogP contribution is -2.28. The molecule has 3 amide bonds. The monoisotopic (exact) mass is 396 g/mol. The number of carbonyl (C=O) groups excluding carboxylic acids is 2. The van der Waals surface area contributed by atoms with Gasteiger partial charge in [-0.3, -0.25) is 4.90 Å². The molecular weight excluding hydrogens is 380 g/mol. The van der Waals surface area contributed by atoms with Gasteiger partial charge >= 0.3 is 18.3 Å². The number of cyclic esters (lactones) is 1. The van der Waals surface area contributed by atoms with E-state index in [4.69, 9.17) is 15.1 Å². The maximum atomic E-state index is 12.0. The molecule has 1 aliphatic heterocycles. The van der Waals surface area contributed by atoms with Crippen LogP contribution < -0.4 is 15.5 Å². The zero-order chi connectivity index (χ0) is 20.8. The number of hydrogen-bond donors (Lipinski definition) is 3. The number of nitriles is 1. The Labute approximate surface area is 165 Å². The first-order valence-electron chi connectivity index (χ1n) is 8.46. The third kappa shape index (κ3) is 5.14. The molecule has 0 aromatic heterocycles. The standard InChI is InChI=1S/C19H16N4O6/c20-9-12-1-5-14(6-2-12)22-17(24)21-10-13-3-7-15(8-4-13)23-11-16(28-18(23)25)29-19(26)27/h1-8,16H,10-11H2,(H,26,27)(H2,21,22,24). The summed E-state index contributed by atoms with van der Waals surface area (Å²) in [6.45, 7) is 0.202. The number of nitrogens with one attached hydrogen (secondary N) is 2. The number of hydrogen-bond acceptors (Lipinski definition) is 6. The highest BCUT2D eigenvalue weighted by molar-refractivity contribution is 5.90. The van der Waals surface area contributed by atoms with E-state index in [1.54, 1.807) is 48.5 Å². The quantitative estimate of drug-likeness (QED) is 0.660. The first-order chi connectivity index (χ1) is 13.9. The second kappa shape index (κ2) is 8.62. The number of rotatable bonds is 5. The Morgan fingerprint density at radius 2 is 1.90 bits per heavy atom. The molecule has 1 aliphatic rings. The van der Waals surface area contributed by atoms with Gasteiger partial charge in [-0.15, -0.1) is 0 Å². The van der Waals surface area contributed by atoms with Gasteiger partial charge in [0.2, 0.25) is 0 Å². The van der Waals surface area contributed by atoms with Crippen molar-refractivity contribution in [1.29, 1.82) is 5.26 Å². The van der Waals surface area contributed by atoms with Gasteiger partial charge in [-0.2, -0.15) is 5.26 Å². The first kappa shape index (κ1) is 19.5. The summed E-state index contributed by atoms with van der Waals surface area (Å²) in [6.07, 6.45) is -3.40. The molecule has 0 radical (unpaired) electrons. The summed E-state index contributed by atoms with van der Waals surface area (Å²) < 4.78 is 9.27. The van der Waals surface area contributed by atoms with Crippen molar-refractivity contribution in [1.82, 2.24) is 5.32 Å². The molecule has 1 heterocycles. The second-order valence-electron chi connectivity index (χ2n) is 5.97. The summed E-state index contributed by atoms with van der Waals surface area (Å²) >= 11 is 0. The summed E-state index contributed by atoms with van der Waals surface area (Å²) in [5.41, 5.74) is 2.35. The topological polar surface area (TPSA) is 141 Å². The fraction of sp³-hybridized carbons (Fsp3) is 0.158. The maximum Gasteiger partial charge on any atom is 0.508 e. The van der Waals surface area contributed by atoms with Gasteiger partial charge in [-0.05, 0) is 42.0 Å². The zero-order valence-electron chi connectivity index (χ0n) is 15.0. The lowest BCUT2D eigenvalue weighted by molar-refractivity contribution is -0.0491. The van der Waals surface area contributed by atoms with E-state index in [1.807, 2.05) is 6.07 Å². The van der Waals surface area contributed by atoms with Gasteiger partial charge in [0, 0.05) is 17.9 Å². The summed E-state index contributed by atoms with van der Waals surface area (Å²) in [7, 11) is 0. The van der Waals surface area contributed by atoms with Crippen LogP contribution in [0.2, 0.25) is 0 Å². The summed E-state index contributed by atoms with van der Waals surface area (Å²) in [4.78, 5) is 35.6. The average Bonchev–Trinajstić information content (AvgIpc) is 3.06. The molecule has 0 bridgehead atoms. The van der Waals surface area contributed by atoms with Gasteiger partial charge in [-0.1, -0.05) is 12.1 Å². The van der Waals surface area contributed by atoms with Crippen molar-refractivity contribution in [2.75, 3.05) is 16.8 Å². The lowest BCUT2D eigenvalue weighted by atomic mass is 10.2. The number of anilines is 2. The number of benzene rings is 2. The van der Waals surface area contributed by atoms with Crippen LogP contribution in [0.25, 0.3) is 0 Å². The molecule has 2 aromatic carbocycles. The number of carbonyl (C=O) groups is 3. The summed E-state index contributed by atoms with van der Waals surface area (Å²) in [5, 5.41) is 22.7. The van der Waals surface area contributed by atoms with Gasteiger partial charge in [0.15, 0.2) is 0 Å². The molecule has 10 nitrogen and oxygen atoms in total. The van der Waals surface area contributed by atoms with Crippen molar-refractivity contribution in [2.24, 2.45) is 0 Å². The third-order valence-corrected chi connectivity index (χ3v) is 3.99. The summed E-state index contributed by atoms with van der Waals surface area (Å²) in [6, 6.07) is 14.8. The van der Waals surface area contributed by atoms with Gasteiger partial charge in [0.1, 0.15) is 6.54 Å². The van der Waals surface area contributed by atoms with E-state index in [1.165, 1.54) is 4.90 Å². The number of urea groups is 1. The molecule has 1 atom stereocenters. The number of amides is 3. The average molecular weight is 396 g/mol. The van der Waals surface area contributed by atoms with Crippen LogP contribution in [0.4, 0.5) is 25.8 Å². The van der Waals surface area contributed by atoms with E-state index in [0.717, 1.165) is 5.56 Å².